The number of amides is 1. The summed E-state index contributed by atoms with van der Waals surface area (Å²) in [6.45, 7) is 22.0. The van der Waals surface area contributed by atoms with E-state index in [9.17, 15) is 4.79 Å². The van der Waals surface area contributed by atoms with Crippen molar-refractivity contribution in [3.05, 3.63) is 154 Å². The summed E-state index contributed by atoms with van der Waals surface area (Å²) in [7, 11) is -4.62. The molecule has 0 radical (unpaired) electrons. The molecule has 2 aliphatic rings. The predicted octanol–water partition coefficient (Wildman–Crippen LogP) is 12.6. The molecule has 25 heteroatoms. The van der Waals surface area contributed by atoms with Crippen LogP contribution in [-0.4, -0.2) is 124 Å². The number of imidazole rings is 2. The molecule has 2 unspecified atom stereocenters. The summed E-state index contributed by atoms with van der Waals surface area (Å²) in [5.41, 5.74) is 28.4. The lowest BCUT2D eigenvalue weighted by atomic mass is 10.1. The molecular weight excluding hydrogens is 1060 g/mol. The van der Waals surface area contributed by atoms with Gasteiger partial charge in [0, 0.05) is 27.8 Å². The molecule has 23 nitrogen and oxygen atoms in total. The fraction of sp³-hybridized carbons (Fsp3) is 0.446. The Bertz CT molecular complexity index is 3340. The number of aliphatic imine (C=N–C) groups is 2. The maximum atomic E-state index is 12.9. The van der Waals surface area contributed by atoms with E-state index in [1.807, 2.05) is 77.5 Å². The summed E-state index contributed by atoms with van der Waals surface area (Å²) in [5, 5.41) is 10.3. The molecular formula is C56H78N18O5Si2. The van der Waals surface area contributed by atoms with Crippen LogP contribution in [0.4, 0.5) is 11.6 Å². The van der Waals surface area contributed by atoms with Crippen molar-refractivity contribution in [1.82, 2.24) is 39.0 Å². The highest BCUT2D eigenvalue weighted by atomic mass is 28.4. The quantitative estimate of drug-likeness (QED) is 0.0300. The number of carbonyl (C=O) groups is 1. The van der Waals surface area contributed by atoms with E-state index in [4.69, 9.17) is 45.1 Å². The zero-order valence-corrected chi connectivity index (χ0v) is 47.4. The van der Waals surface area contributed by atoms with Crippen LogP contribution in [0.1, 0.15) is 97.8 Å². The highest BCUT2D eigenvalue weighted by Gasteiger charge is 2.53. The van der Waals surface area contributed by atoms with Crippen molar-refractivity contribution < 1.29 is 23.1 Å². The number of ether oxygens (including phenoxy) is 2. The topological polar surface area (TPSA) is 301 Å². The summed E-state index contributed by atoms with van der Waals surface area (Å²) in [6, 6.07) is 27.6. The van der Waals surface area contributed by atoms with Gasteiger partial charge >= 0.3 is 0 Å². The van der Waals surface area contributed by atoms with Gasteiger partial charge in [-0.2, -0.15) is 0 Å². The first-order chi connectivity index (χ1) is 37.2. The molecule has 81 heavy (non-hydrogen) atoms. The van der Waals surface area contributed by atoms with Crippen LogP contribution in [0.15, 0.2) is 137 Å². The number of hydrogen-bond acceptors (Lipinski definition) is 16. The van der Waals surface area contributed by atoms with Crippen molar-refractivity contribution in [3.63, 3.8) is 0 Å². The first kappa shape index (κ1) is 64.1. The van der Waals surface area contributed by atoms with Crippen LogP contribution >= 0.6 is 0 Å². The number of anilines is 2. The predicted molar refractivity (Wildman–Crippen MR) is 325 cm³/mol. The van der Waals surface area contributed by atoms with Gasteiger partial charge in [-0.25, -0.2) is 29.9 Å². The van der Waals surface area contributed by atoms with Gasteiger partial charge in [-0.05, 0) is 70.6 Å². The van der Waals surface area contributed by atoms with Crippen molar-refractivity contribution in [2.45, 2.75) is 149 Å². The lowest BCUT2D eigenvalue weighted by Gasteiger charge is -2.40. The molecule has 2 fully saturated rings. The smallest absolute Gasteiger partial charge is 0.256 e. The van der Waals surface area contributed by atoms with E-state index < -0.39 is 65.6 Å². The minimum Gasteiger partial charge on any atom is -0.407 e. The first-order valence-electron chi connectivity index (χ1n) is 25.5. The number of hydrogen-bond donors (Lipinski definition) is 2. The highest BCUT2D eigenvalue weighted by molar-refractivity contribution is 6.74. The Labute approximate surface area is 476 Å². The Kier molecular flexibility index (Phi) is 21.5. The third-order valence-corrected chi connectivity index (χ3v) is 23.6. The average molecular weight is 1140 g/mol. The number of nitrogen functional groups attached to an aromatic ring is 1. The van der Waals surface area contributed by atoms with E-state index in [0.29, 0.717) is 27.9 Å². The second-order valence-electron chi connectivity index (χ2n) is 22.0. The van der Waals surface area contributed by atoms with E-state index in [0.717, 1.165) is 11.1 Å². The Hall–Kier alpha value is -7.74. The number of azide groups is 2. The van der Waals surface area contributed by atoms with Gasteiger partial charge in [0.25, 0.3) is 5.91 Å². The van der Waals surface area contributed by atoms with Crippen molar-refractivity contribution in [1.29, 1.82) is 0 Å². The van der Waals surface area contributed by atoms with Crippen LogP contribution in [0, 0.1) is 0 Å². The SMILES string of the molecule is C.C.C.CC(C)(C)[Si](C)(C)OC1[C@H](n2cnc3c(N)ncnc32)O[C@H](CN=[N+]=[N-])[C@H]1N=Cc1ccccc1.CC(C)(C)[Si](C)(C)OC1[C@H](n2cnc3c(NC(=O)c4ccccc4)ncnc32)O[C@H](CN=[N+]=[N-])[C@H]1N=Cc1ccccc1. The first-order valence-corrected chi connectivity index (χ1v) is 31.3. The summed E-state index contributed by atoms with van der Waals surface area (Å²) in [6.07, 6.45) is 6.27. The van der Waals surface area contributed by atoms with Crippen molar-refractivity contribution in [2.75, 3.05) is 24.1 Å². The van der Waals surface area contributed by atoms with Gasteiger partial charge in [-0.3, -0.25) is 23.9 Å². The fourth-order valence-electron chi connectivity index (χ4n) is 8.45. The molecule has 0 spiro atoms. The van der Waals surface area contributed by atoms with E-state index in [-0.39, 0.29) is 63.0 Å². The van der Waals surface area contributed by atoms with Crippen LogP contribution in [0.2, 0.25) is 36.3 Å². The average Bonchev–Trinajstić information content (AvgIpc) is 4.34. The third kappa shape index (κ3) is 14.6. The Balaban J connectivity index is 0.000000292. The van der Waals surface area contributed by atoms with Gasteiger partial charge in [-0.15, -0.1) is 0 Å². The summed E-state index contributed by atoms with van der Waals surface area (Å²) >= 11 is 0. The lowest BCUT2D eigenvalue weighted by molar-refractivity contribution is -0.0285. The Morgan fingerprint density at radius 1 is 0.642 bits per heavy atom. The second-order valence-corrected chi connectivity index (χ2v) is 31.5. The minimum absolute atomic E-state index is 0. The van der Waals surface area contributed by atoms with Gasteiger partial charge in [0.05, 0.1) is 38.0 Å². The van der Waals surface area contributed by atoms with Crippen LogP contribution in [0.25, 0.3) is 43.2 Å². The molecule has 2 aliphatic heterocycles. The molecule has 2 saturated heterocycles. The van der Waals surface area contributed by atoms with Gasteiger partial charge < -0.3 is 29.4 Å². The second kappa shape index (κ2) is 27.1. The molecule has 0 aliphatic carbocycles. The van der Waals surface area contributed by atoms with Crippen LogP contribution < -0.4 is 11.1 Å². The van der Waals surface area contributed by atoms with Crippen molar-refractivity contribution in [3.8, 4) is 0 Å². The van der Waals surface area contributed by atoms with E-state index in [1.165, 1.54) is 12.7 Å². The van der Waals surface area contributed by atoms with Gasteiger partial charge in [0.1, 0.15) is 42.5 Å². The fourth-order valence-corrected chi connectivity index (χ4v) is 11.0. The number of rotatable bonds is 16. The van der Waals surface area contributed by atoms with Crippen LogP contribution in [-0.2, 0) is 18.3 Å². The largest absolute Gasteiger partial charge is 0.407 e. The molecule has 6 heterocycles. The number of nitrogens with one attached hydrogen (secondary N) is 1. The van der Waals surface area contributed by atoms with E-state index in [2.05, 4.69) is 123 Å². The Morgan fingerprint density at radius 3 is 1.48 bits per heavy atom. The van der Waals surface area contributed by atoms with E-state index >= 15 is 0 Å². The highest BCUT2D eigenvalue weighted by Crippen LogP contribution is 2.45. The zero-order chi connectivity index (χ0) is 55.8. The monoisotopic (exact) mass is 1140 g/mol. The number of aromatic nitrogens is 8. The minimum atomic E-state index is -2.35. The number of carbonyl (C=O) groups excluding carboxylic acids is 1. The molecule has 9 rings (SSSR count). The number of fused-ring (bicyclic) bond motifs is 2. The molecule has 3 aromatic carbocycles. The molecule has 1 amide bonds. The van der Waals surface area contributed by atoms with Crippen LogP contribution in [0.5, 0.6) is 0 Å². The zero-order valence-electron chi connectivity index (χ0n) is 45.4. The molecule has 430 valence electrons. The summed E-state index contributed by atoms with van der Waals surface area (Å²) < 4.78 is 30.6. The maximum Gasteiger partial charge on any atom is 0.256 e. The molecule has 0 bridgehead atoms. The Morgan fingerprint density at radius 2 is 1.05 bits per heavy atom. The molecule has 4 aromatic heterocycles. The summed E-state index contributed by atoms with van der Waals surface area (Å²) in [5.74, 6) is 0.260. The third-order valence-electron chi connectivity index (χ3n) is 14.7. The molecule has 3 N–H and O–H groups in total. The molecule has 7 aromatic rings. The van der Waals surface area contributed by atoms with Gasteiger partial charge in [0.15, 0.2) is 57.5 Å². The maximum absolute atomic E-state index is 12.9. The van der Waals surface area contributed by atoms with Crippen molar-refractivity contribution >= 4 is 68.9 Å². The number of nitrogens with two attached hydrogens (primary N) is 1. The van der Waals surface area contributed by atoms with Crippen molar-refractivity contribution in [2.24, 2.45) is 20.2 Å². The lowest BCUT2D eigenvalue weighted by Crippen LogP contribution is -2.48. The number of nitrogens with zero attached hydrogens (tertiary/aromatic N) is 16. The molecule has 8 atom stereocenters. The summed E-state index contributed by atoms with van der Waals surface area (Å²) in [4.78, 5) is 54.9. The van der Waals surface area contributed by atoms with Crippen LogP contribution in [0.3, 0.4) is 0 Å². The van der Waals surface area contributed by atoms with Gasteiger partial charge in [0.2, 0.25) is 0 Å². The van der Waals surface area contributed by atoms with Gasteiger partial charge in [-0.1, -0.05) is 153 Å². The number of benzene rings is 3. The normalized spacial score (nSPS) is 21.0. The molecule has 0 saturated carbocycles. The van der Waals surface area contributed by atoms with E-state index in [1.54, 1.807) is 47.7 Å². The standard InChI is InChI=1S/C30H35N9O3Si.C23H31N9O2Si.3CH4/c1-30(2,3)43(4,5)42-25-23(32-16-20-12-8-6-9-13-20)22(17-36-38-31)41-29(25)39-19-35-24-26(33-18-34-27(24)39)37-28(40)21-14-10-7-11-15-21;1-23(2,3)35(4,5)34-19-17(26-11-15-9-7-6-8-10-15)16(12-30-31-25)33-22(19)32-14-29-18-20(24)27-13-28-21(18)32;;;/h6-16,18-19,22-23,25,29H,17H2,1-5H3,(H,33,34,37,40);6-11,13-14,16-17,19,22H,12H2,1-5H3,(H2,24,27,28);3*1H4/t22-,23-,25?,29-;16-,17-,19?,22-;;;/m11.../s1.